The summed E-state index contributed by atoms with van der Waals surface area (Å²) in [7, 11) is -2.37. The summed E-state index contributed by atoms with van der Waals surface area (Å²) in [6.07, 6.45) is 1.31. The van der Waals surface area contributed by atoms with Gasteiger partial charge in [-0.2, -0.15) is 8.42 Å². The zero-order chi connectivity index (χ0) is 15.1. The second-order valence-corrected chi connectivity index (χ2v) is 6.64. The Bertz CT molecular complexity index is 751. The van der Waals surface area contributed by atoms with Gasteiger partial charge in [0.15, 0.2) is 10.8 Å². The van der Waals surface area contributed by atoms with E-state index in [0.29, 0.717) is 5.02 Å². The van der Waals surface area contributed by atoms with Crippen molar-refractivity contribution < 1.29 is 8.42 Å². The Morgan fingerprint density at radius 2 is 1.95 bits per heavy atom. The molecule has 0 radical (unpaired) electrons. The molecular weight excluding hydrogens is 323 g/mol. The normalized spacial score (nSPS) is 11.6. The second-order valence-electron chi connectivity index (χ2n) is 4.23. The number of nitrogens with zero attached hydrogens (tertiary/aromatic N) is 2. The van der Waals surface area contributed by atoms with E-state index in [2.05, 4.69) is 9.71 Å². The number of hydrogen-bond acceptors (Lipinski definition) is 4. The number of nitrogen functional groups attached to an aromatic ring is 1. The largest absolute Gasteiger partial charge is 0.381 e. The maximum atomic E-state index is 12.3. The van der Waals surface area contributed by atoms with Crippen LogP contribution in [-0.2, 0) is 17.1 Å². The van der Waals surface area contributed by atoms with Gasteiger partial charge in [-0.05, 0) is 24.6 Å². The van der Waals surface area contributed by atoms with Crippen molar-refractivity contribution in [1.82, 2.24) is 9.55 Å². The van der Waals surface area contributed by atoms with Crippen molar-refractivity contribution in [3.8, 4) is 0 Å². The minimum Gasteiger partial charge on any atom is -0.381 e. The SMILES string of the molecule is Cc1cc(Cl)c(NS(=O)(=O)c2c(N)ncn2C)cc1Cl. The minimum absolute atomic E-state index is 0.0886. The number of imidazole rings is 1. The summed E-state index contributed by atoms with van der Waals surface area (Å²) in [5.74, 6) is -0.0886. The van der Waals surface area contributed by atoms with Gasteiger partial charge in [0.2, 0.25) is 0 Å². The molecule has 1 heterocycles. The van der Waals surface area contributed by atoms with Crippen molar-refractivity contribution in [2.24, 2.45) is 7.05 Å². The summed E-state index contributed by atoms with van der Waals surface area (Å²) in [5.41, 5.74) is 6.50. The highest BCUT2D eigenvalue weighted by Gasteiger charge is 2.23. The van der Waals surface area contributed by atoms with Gasteiger partial charge in [-0.25, -0.2) is 4.98 Å². The molecule has 0 bridgehead atoms. The smallest absolute Gasteiger partial charge is 0.281 e. The lowest BCUT2D eigenvalue weighted by molar-refractivity contribution is 0.592. The highest BCUT2D eigenvalue weighted by atomic mass is 35.5. The van der Waals surface area contributed by atoms with Gasteiger partial charge < -0.3 is 10.3 Å². The molecular formula is C11H12Cl2N4O2S. The van der Waals surface area contributed by atoms with Crippen LogP contribution in [0.3, 0.4) is 0 Å². The molecule has 3 N–H and O–H groups in total. The maximum absolute atomic E-state index is 12.3. The Morgan fingerprint density at radius 1 is 1.30 bits per heavy atom. The van der Waals surface area contributed by atoms with Crippen LogP contribution in [0, 0.1) is 6.92 Å². The van der Waals surface area contributed by atoms with Gasteiger partial charge in [0.05, 0.1) is 17.0 Å². The third kappa shape index (κ3) is 2.70. The average Bonchev–Trinajstić information content (AvgIpc) is 2.66. The molecule has 1 aromatic carbocycles. The van der Waals surface area contributed by atoms with Crippen molar-refractivity contribution in [3.63, 3.8) is 0 Å². The van der Waals surface area contributed by atoms with Crippen molar-refractivity contribution >= 4 is 44.7 Å². The molecule has 6 nitrogen and oxygen atoms in total. The number of anilines is 2. The second kappa shape index (κ2) is 5.16. The number of nitrogens with one attached hydrogen (secondary N) is 1. The predicted molar refractivity (Wildman–Crippen MR) is 79.6 cm³/mol. The molecule has 2 rings (SSSR count). The van der Waals surface area contributed by atoms with Crippen LogP contribution >= 0.6 is 23.2 Å². The molecule has 2 aromatic rings. The van der Waals surface area contributed by atoms with Crippen LogP contribution in [-0.4, -0.2) is 18.0 Å². The lowest BCUT2D eigenvalue weighted by Crippen LogP contribution is -2.18. The monoisotopic (exact) mass is 334 g/mol. The van der Waals surface area contributed by atoms with E-state index in [1.54, 1.807) is 13.0 Å². The molecule has 0 aliphatic heterocycles. The number of rotatable bonds is 3. The standard InChI is InChI=1S/C11H12Cl2N4O2S/c1-6-3-8(13)9(4-7(6)12)16-20(18,19)11-10(14)15-5-17(11)2/h3-5,16H,14H2,1-2H3. The van der Waals surface area contributed by atoms with Gasteiger partial charge in [0.1, 0.15) is 0 Å². The number of aromatic nitrogens is 2. The quantitative estimate of drug-likeness (QED) is 0.901. The van der Waals surface area contributed by atoms with E-state index >= 15 is 0 Å². The molecule has 0 saturated carbocycles. The fourth-order valence-corrected chi connectivity index (χ4v) is 3.48. The van der Waals surface area contributed by atoms with Crippen molar-refractivity contribution in [2.45, 2.75) is 11.9 Å². The van der Waals surface area contributed by atoms with Crippen LogP contribution in [0.5, 0.6) is 0 Å². The van der Waals surface area contributed by atoms with Crippen LogP contribution in [0.15, 0.2) is 23.5 Å². The van der Waals surface area contributed by atoms with Crippen molar-refractivity contribution in [2.75, 3.05) is 10.5 Å². The van der Waals surface area contributed by atoms with E-state index in [4.69, 9.17) is 28.9 Å². The zero-order valence-electron chi connectivity index (χ0n) is 10.7. The van der Waals surface area contributed by atoms with E-state index in [0.717, 1.165) is 5.56 Å². The first kappa shape index (κ1) is 15.0. The fraction of sp³-hybridized carbons (Fsp3) is 0.182. The molecule has 20 heavy (non-hydrogen) atoms. The molecule has 108 valence electrons. The Balaban J connectivity index is 2.47. The van der Waals surface area contributed by atoms with Gasteiger partial charge in [-0.1, -0.05) is 23.2 Å². The topological polar surface area (TPSA) is 90.0 Å². The van der Waals surface area contributed by atoms with Crippen LogP contribution in [0.4, 0.5) is 11.5 Å². The summed E-state index contributed by atoms with van der Waals surface area (Å²) in [4.78, 5) is 3.74. The van der Waals surface area contributed by atoms with Gasteiger partial charge in [0.25, 0.3) is 10.0 Å². The van der Waals surface area contributed by atoms with Crippen LogP contribution < -0.4 is 10.5 Å². The number of benzene rings is 1. The Labute approximate surface area is 126 Å². The van der Waals surface area contributed by atoms with Crippen molar-refractivity contribution in [3.05, 3.63) is 34.1 Å². The van der Waals surface area contributed by atoms with E-state index in [1.807, 2.05) is 0 Å². The lowest BCUT2D eigenvalue weighted by Gasteiger charge is -2.11. The van der Waals surface area contributed by atoms with Gasteiger partial charge in [0, 0.05) is 12.1 Å². The first-order valence-electron chi connectivity index (χ1n) is 5.47. The highest BCUT2D eigenvalue weighted by Crippen LogP contribution is 2.31. The van der Waals surface area contributed by atoms with Gasteiger partial charge >= 0.3 is 0 Å². The van der Waals surface area contributed by atoms with Crippen LogP contribution in [0.2, 0.25) is 10.0 Å². The molecule has 0 aliphatic rings. The number of aryl methyl sites for hydroxylation is 2. The number of sulfonamides is 1. The van der Waals surface area contributed by atoms with Gasteiger partial charge in [-0.3, -0.25) is 4.72 Å². The number of halogens is 2. The summed E-state index contributed by atoms with van der Waals surface area (Å²) in [6.45, 7) is 1.77. The Kier molecular flexibility index (Phi) is 3.86. The highest BCUT2D eigenvalue weighted by molar-refractivity contribution is 7.92. The number of nitrogens with two attached hydrogens (primary N) is 1. The minimum atomic E-state index is -3.90. The summed E-state index contributed by atoms with van der Waals surface area (Å²) >= 11 is 12.0. The zero-order valence-corrected chi connectivity index (χ0v) is 13.0. The molecule has 0 amide bonds. The van der Waals surface area contributed by atoms with E-state index in [-0.39, 0.29) is 21.6 Å². The predicted octanol–water partition coefficient (Wildman–Crippen LogP) is 2.42. The fourth-order valence-electron chi connectivity index (χ4n) is 1.68. The molecule has 0 fully saturated rings. The lowest BCUT2D eigenvalue weighted by atomic mass is 10.2. The Hall–Kier alpha value is -1.44. The summed E-state index contributed by atoms with van der Waals surface area (Å²) in [6, 6.07) is 3.03. The molecule has 0 aliphatic carbocycles. The van der Waals surface area contributed by atoms with Crippen molar-refractivity contribution in [1.29, 1.82) is 0 Å². The van der Waals surface area contributed by atoms with E-state index in [1.165, 1.54) is 24.0 Å². The van der Waals surface area contributed by atoms with Crippen LogP contribution in [0.25, 0.3) is 0 Å². The molecule has 9 heteroatoms. The molecule has 0 spiro atoms. The third-order valence-electron chi connectivity index (χ3n) is 2.66. The van der Waals surface area contributed by atoms with E-state index < -0.39 is 10.0 Å². The summed E-state index contributed by atoms with van der Waals surface area (Å²) in [5, 5.41) is 0.520. The first-order chi connectivity index (χ1) is 9.22. The van der Waals surface area contributed by atoms with Crippen LogP contribution in [0.1, 0.15) is 5.56 Å². The average molecular weight is 335 g/mol. The third-order valence-corrected chi connectivity index (χ3v) is 4.87. The molecule has 0 atom stereocenters. The molecule has 1 aromatic heterocycles. The Morgan fingerprint density at radius 3 is 2.50 bits per heavy atom. The number of hydrogen-bond donors (Lipinski definition) is 2. The molecule has 0 unspecified atom stereocenters. The summed E-state index contributed by atoms with van der Waals surface area (Å²) < 4.78 is 28.3. The van der Waals surface area contributed by atoms with E-state index in [9.17, 15) is 8.42 Å². The molecule has 0 saturated heterocycles. The van der Waals surface area contributed by atoms with Gasteiger partial charge in [-0.15, -0.1) is 0 Å². The first-order valence-corrected chi connectivity index (χ1v) is 7.71. The maximum Gasteiger partial charge on any atom is 0.281 e.